The van der Waals surface area contributed by atoms with Crippen molar-refractivity contribution in [3.63, 3.8) is 0 Å². The summed E-state index contributed by atoms with van der Waals surface area (Å²) in [5, 5.41) is 0. The summed E-state index contributed by atoms with van der Waals surface area (Å²) in [6.45, 7) is -0.817. The normalized spacial score (nSPS) is 41.9. The molecule has 17 heteroatoms. The Morgan fingerprint density at radius 3 is 1.79 bits per heavy atom. The average molecular weight is 466 g/mol. The molecule has 29 heavy (non-hydrogen) atoms. The van der Waals surface area contributed by atoms with Crippen LogP contribution in [0.1, 0.15) is 0 Å². The van der Waals surface area contributed by atoms with Gasteiger partial charge in [0.2, 0.25) is 0 Å². The van der Waals surface area contributed by atoms with E-state index in [0.717, 1.165) is 7.11 Å². The topological polar surface area (TPSA) is 139 Å². The molecule has 0 aromatic carbocycles. The van der Waals surface area contributed by atoms with E-state index in [-0.39, 0.29) is 6.61 Å². The number of ether oxygens (including phenoxy) is 3. The van der Waals surface area contributed by atoms with Crippen LogP contribution in [-0.2, 0) is 41.4 Å². The molecule has 0 amide bonds. The molecule has 4 unspecified atom stereocenters. The predicted octanol–water partition coefficient (Wildman–Crippen LogP) is -1.34. The molecular weight excluding hydrogens is 442 g/mol. The van der Waals surface area contributed by atoms with Crippen LogP contribution in [0.15, 0.2) is 0 Å². The molecule has 0 bridgehead atoms. The van der Waals surface area contributed by atoms with Crippen LogP contribution < -0.4 is 0 Å². The van der Waals surface area contributed by atoms with E-state index in [9.17, 15) is 27.7 Å². The Hall–Kier alpha value is 0.0899. The van der Waals surface area contributed by atoms with E-state index in [1.165, 1.54) is 22.8 Å². The van der Waals surface area contributed by atoms with Gasteiger partial charge in [-0.25, -0.2) is 17.9 Å². The maximum Gasteiger partial charge on any atom is 0.472 e. The number of hydrogen-bond acceptors (Lipinski definition) is 9. The van der Waals surface area contributed by atoms with Gasteiger partial charge in [0.1, 0.15) is 52.5 Å². The molecule has 0 aliphatic carbocycles. The maximum absolute atomic E-state index is 14.3. The van der Waals surface area contributed by atoms with Crippen LogP contribution >= 0.6 is 15.6 Å². The zero-order valence-electron chi connectivity index (χ0n) is 16.3. The third-order valence-corrected chi connectivity index (χ3v) is 6.47. The third-order valence-electron chi connectivity index (χ3n) is 4.51. The van der Waals surface area contributed by atoms with Crippen molar-refractivity contribution in [2.75, 3.05) is 27.4 Å². The lowest BCUT2D eigenvalue weighted by molar-refractivity contribution is -0.0337. The predicted molar refractivity (Wildman–Crippen MR) is 98.4 cm³/mol. The van der Waals surface area contributed by atoms with Gasteiger partial charge >= 0.3 is 15.6 Å². The number of halogens is 2. The van der Waals surface area contributed by atoms with Gasteiger partial charge in [-0.2, -0.15) is 0 Å². The van der Waals surface area contributed by atoms with Crippen molar-refractivity contribution in [2.24, 2.45) is 0 Å². The molecule has 2 aliphatic rings. The molecule has 2 rings (SSSR count). The highest BCUT2D eigenvalue weighted by molar-refractivity contribution is 7.47. The molecule has 11 nitrogen and oxygen atoms in total. The SMILES string of the molecule is B[C@@H]1O[C@H](COP(=O)(O)OC2[C@@H](COC)O[C@@H](B)[C@H]2F)C(OP(=O)(O)OC)[C@@H]1F. The van der Waals surface area contributed by atoms with E-state index >= 15 is 0 Å². The summed E-state index contributed by atoms with van der Waals surface area (Å²) in [6, 6.07) is -1.94. The zero-order chi connectivity index (χ0) is 22.0. The number of methoxy groups -OCH3 is 1. The van der Waals surface area contributed by atoms with E-state index < -0.39 is 71.0 Å². The molecule has 2 saturated heterocycles. The van der Waals surface area contributed by atoms with Crippen LogP contribution in [0.3, 0.4) is 0 Å². The van der Waals surface area contributed by atoms with Crippen molar-refractivity contribution < 1.29 is 60.0 Å². The van der Waals surface area contributed by atoms with E-state index in [1.807, 2.05) is 0 Å². The molecule has 0 aromatic heterocycles. The summed E-state index contributed by atoms with van der Waals surface area (Å²) in [4.78, 5) is 19.4. The van der Waals surface area contributed by atoms with E-state index in [2.05, 4.69) is 4.52 Å². The number of rotatable bonds is 10. The highest BCUT2D eigenvalue weighted by atomic mass is 31.2. The summed E-state index contributed by atoms with van der Waals surface area (Å²) in [5.74, 6) is 0. The Kier molecular flexibility index (Phi) is 8.86. The van der Waals surface area contributed by atoms with Crippen molar-refractivity contribution in [1.82, 2.24) is 0 Å². The summed E-state index contributed by atoms with van der Waals surface area (Å²) in [5.41, 5.74) is 0. The van der Waals surface area contributed by atoms with E-state index in [1.54, 1.807) is 0 Å². The van der Waals surface area contributed by atoms with Crippen molar-refractivity contribution >= 4 is 31.3 Å². The van der Waals surface area contributed by atoms with Gasteiger partial charge in [-0.1, -0.05) is 0 Å². The Morgan fingerprint density at radius 1 is 0.897 bits per heavy atom. The Balaban J connectivity index is 2.00. The van der Waals surface area contributed by atoms with Crippen LogP contribution in [-0.4, -0.2) is 102 Å². The van der Waals surface area contributed by atoms with E-state index in [0.29, 0.717) is 0 Å². The summed E-state index contributed by atoms with van der Waals surface area (Å²) in [7, 11) is -4.40. The lowest BCUT2D eigenvalue weighted by Gasteiger charge is -2.24. The Bertz CT molecular complexity index is 649. The lowest BCUT2D eigenvalue weighted by atomic mass is 9.94. The first kappa shape index (κ1) is 25.4. The van der Waals surface area contributed by atoms with Crippen molar-refractivity contribution in [3.8, 4) is 0 Å². The van der Waals surface area contributed by atoms with Gasteiger partial charge in [0.05, 0.1) is 25.2 Å². The summed E-state index contributed by atoms with van der Waals surface area (Å²) in [6.07, 6.45) is -8.85. The first-order chi connectivity index (χ1) is 13.4. The second kappa shape index (κ2) is 10.1. The third kappa shape index (κ3) is 6.54. The number of alkyl halides is 2. The van der Waals surface area contributed by atoms with Gasteiger partial charge < -0.3 is 24.0 Å². The van der Waals surface area contributed by atoms with Gasteiger partial charge in [0.25, 0.3) is 0 Å². The van der Waals surface area contributed by atoms with Crippen molar-refractivity contribution in [3.05, 3.63) is 0 Å². The second-order valence-corrected chi connectivity index (χ2v) is 9.58. The van der Waals surface area contributed by atoms with Gasteiger partial charge in [0, 0.05) is 14.2 Å². The fourth-order valence-corrected chi connectivity index (χ4v) is 4.64. The fraction of sp³-hybridized carbons (Fsp3) is 1.00. The maximum atomic E-state index is 14.3. The number of phosphoric acid groups is 2. The Labute approximate surface area is 168 Å². The summed E-state index contributed by atoms with van der Waals surface area (Å²) >= 11 is 0. The molecule has 0 radical (unpaired) electrons. The van der Waals surface area contributed by atoms with Crippen molar-refractivity contribution in [1.29, 1.82) is 0 Å². The average Bonchev–Trinajstić information content (AvgIpc) is 3.05. The van der Waals surface area contributed by atoms with Crippen LogP contribution in [0.25, 0.3) is 0 Å². The number of phosphoric ester groups is 2. The molecule has 168 valence electrons. The molecule has 0 saturated carbocycles. The smallest absolute Gasteiger partial charge is 0.382 e. The highest BCUT2D eigenvalue weighted by Crippen LogP contribution is 2.50. The molecule has 0 aromatic rings. The van der Waals surface area contributed by atoms with Crippen LogP contribution in [0.5, 0.6) is 0 Å². The molecular formula is C12H24B2F2O11P2. The fourth-order valence-electron chi connectivity index (χ4n) is 3.03. The molecule has 2 fully saturated rings. The minimum Gasteiger partial charge on any atom is -0.382 e. The quantitative estimate of drug-likeness (QED) is 0.292. The zero-order valence-corrected chi connectivity index (χ0v) is 18.0. The second-order valence-electron chi connectivity index (χ2n) is 6.66. The lowest BCUT2D eigenvalue weighted by Crippen LogP contribution is -2.36. The van der Waals surface area contributed by atoms with Gasteiger partial charge in [-0.15, -0.1) is 0 Å². The minimum absolute atomic E-state index is 0.0824. The first-order valence-electron chi connectivity index (χ1n) is 8.71. The van der Waals surface area contributed by atoms with Gasteiger partial charge in [-0.05, 0) is 0 Å². The van der Waals surface area contributed by atoms with Gasteiger partial charge in [0.15, 0.2) is 0 Å². The van der Waals surface area contributed by atoms with Gasteiger partial charge in [-0.3, -0.25) is 18.1 Å². The summed E-state index contributed by atoms with van der Waals surface area (Å²) < 4.78 is 86.4. The van der Waals surface area contributed by atoms with Crippen LogP contribution in [0, 0.1) is 0 Å². The highest BCUT2D eigenvalue weighted by Gasteiger charge is 2.50. The van der Waals surface area contributed by atoms with Crippen LogP contribution in [0.4, 0.5) is 8.78 Å². The molecule has 2 N–H and O–H groups in total. The largest absolute Gasteiger partial charge is 0.472 e. The standard InChI is InChI=1S/C12H24B2F2O11P2/c1-21-3-5-9(7(15)11(13)24-5)27-29(19,20)23-4-6-10(8(16)12(14)25-6)26-28(17,18)22-2/h5-12H,3-4,13-14H2,1-2H3,(H,17,18)(H,19,20)/t5-,6-,7+,8+,9?,10?,11-,12-/m1/s1. The van der Waals surface area contributed by atoms with Crippen LogP contribution in [0.2, 0.25) is 0 Å². The first-order valence-corrected chi connectivity index (χ1v) is 11.7. The van der Waals surface area contributed by atoms with Crippen molar-refractivity contribution in [2.45, 2.75) is 48.8 Å². The molecule has 2 aliphatic heterocycles. The van der Waals surface area contributed by atoms with E-state index in [4.69, 9.17) is 27.8 Å². The molecule has 2 heterocycles. The molecule has 0 spiro atoms. The Morgan fingerprint density at radius 2 is 1.34 bits per heavy atom. The minimum atomic E-state index is -4.84. The number of hydrogen-bond donors (Lipinski definition) is 2. The molecule has 10 atom stereocenters. The monoisotopic (exact) mass is 466 g/mol.